The van der Waals surface area contributed by atoms with Crippen molar-refractivity contribution in [2.24, 2.45) is 5.92 Å². The Morgan fingerprint density at radius 2 is 1.87 bits per heavy atom. The number of rotatable bonds is 5. The SMILES string of the molecule is Cc1ccn(CC(=O)N2CCC([C@]3(C)NC(=O)N(Cc4ccc(F)cc4)C3=O)CC2)n1. The highest BCUT2D eigenvalue weighted by atomic mass is 19.1. The summed E-state index contributed by atoms with van der Waals surface area (Å²) >= 11 is 0. The van der Waals surface area contributed by atoms with Crippen molar-refractivity contribution in [2.45, 2.75) is 45.3 Å². The Morgan fingerprint density at radius 3 is 2.48 bits per heavy atom. The zero-order valence-electron chi connectivity index (χ0n) is 17.7. The summed E-state index contributed by atoms with van der Waals surface area (Å²) in [5, 5.41) is 7.11. The zero-order valence-corrected chi connectivity index (χ0v) is 17.7. The van der Waals surface area contributed by atoms with E-state index in [1.807, 2.05) is 13.0 Å². The molecule has 3 heterocycles. The van der Waals surface area contributed by atoms with E-state index in [-0.39, 0.29) is 36.6 Å². The van der Waals surface area contributed by atoms with E-state index in [0.29, 0.717) is 31.5 Å². The highest BCUT2D eigenvalue weighted by Crippen LogP contribution is 2.34. The van der Waals surface area contributed by atoms with Crippen LogP contribution in [-0.4, -0.2) is 56.1 Å². The normalized spacial score (nSPS) is 22.2. The van der Waals surface area contributed by atoms with Crippen LogP contribution in [0.4, 0.5) is 9.18 Å². The molecule has 2 aromatic rings. The van der Waals surface area contributed by atoms with Crippen molar-refractivity contribution in [2.75, 3.05) is 13.1 Å². The molecule has 4 rings (SSSR count). The number of benzene rings is 1. The topological polar surface area (TPSA) is 87.5 Å². The van der Waals surface area contributed by atoms with Gasteiger partial charge >= 0.3 is 6.03 Å². The quantitative estimate of drug-likeness (QED) is 0.740. The third-order valence-electron chi connectivity index (χ3n) is 6.29. The Balaban J connectivity index is 1.37. The molecule has 2 aliphatic heterocycles. The number of nitrogens with one attached hydrogen (secondary N) is 1. The van der Waals surface area contributed by atoms with Gasteiger partial charge in [0.2, 0.25) is 5.91 Å². The number of hydrogen-bond donors (Lipinski definition) is 1. The Hall–Kier alpha value is -3.23. The number of nitrogens with zero attached hydrogens (tertiary/aromatic N) is 4. The van der Waals surface area contributed by atoms with Crippen LogP contribution in [0.2, 0.25) is 0 Å². The lowest BCUT2D eigenvalue weighted by atomic mass is 9.79. The Kier molecular flexibility index (Phi) is 5.51. The maximum atomic E-state index is 13.1. The molecule has 0 aliphatic carbocycles. The molecule has 1 aromatic heterocycles. The molecular formula is C22H26FN5O3. The van der Waals surface area contributed by atoms with E-state index in [9.17, 15) is 18.8 Å². The predicted octanol–water partition coefficient (Wildman–Crippen LogP) is 2.08. The summed E-state index contributed by atoms with van der Waals surface area (Å²) in [5.74, 6) is -0.724. The van der Waals surface area contributed by atoms with Gasteiger partial charge in [0.05, 0.1) is 12.2 Å². The van der Waals surface area contributed by atoms with Gasteiger partial charge in [-0.3, -0.25) is 19.2 Å². The molecule has 8 nitrogen and oxygen atoms in total. The average Bonchev–Trinajstić information content (AvgIpc) is 3.25. The van der Waals surface area contributed by atoms with Crippen molar-refractivity contribution in [3.05, 3.63) is 53.6 Å². The number of carbonyl (C=O) groups is 3. The van der Waals surface area contributed by atoms with Crippen molar-refractivity contribution in [3.63, 3.8) is 0 Å². The molecule has 2 aliphatic rings. The number of carbonyl (C=O) groups excluding carboxylic acids is 3. The number of aromatic nitrogens is 2. The van der Waals surface area contributed by atoms with Gasteiger partial charge in [0, 0.05) is 19.3 Å². The molecule has 1 atom stereocenters. The molecular weight excluding hydrogens is 401 g/mol. The zero-order chi connectivity index (χ0) is 22.2. The van der Waals surface area contributed by atoms with Gasteiger partial charge in [0.15, 0.2) is 0 Å². The molecule has 1 N–H and O–H groups in total. The molecule has 2 saturated heterocycles. The first kappa shape index (κ1) is 21.0. The first-order valence-electron chi connectivity index (χ1n) is 10.4. The van der Waals surface area contributed by atoms with Crippen molar-refractivity contribution >= 4 is 17.8 Å². The Labute approximate surface area is 180 Å². The number of hydrogen-bond acceptors (Lipinski definition) is 4. The van der Waals surface area contributed by atoms with Gasteiger partial charge in [0.1, 0.15) is 17.9 Å². The number of urea groups is 1. The van der Waals surface area contributed by atoms with Gasteiger partial charge in [-0.15, -0.1) is 0 Å². The van der Waals surface area contributed by atoms with Gasteiger partial charge in [0.25, 0.3) is 5.91 Å². The number of piperidine rings is 1. The number of amides is 4. The first-order valence-corrected chi connectivity index (χ1v) is 10.4. The maximum absolute atomic E-state index is 13.1. The fourth-order valence-electron chi connectivity index (χ4n) is 4.40. The number of likely N-dealkylation sites (tertiary alicyclic amines) is 1. The first-order chi connectivity index (χ1) is 14.8. The number of halogens is 1. The van der Waals surface area contributed by atoms with Crippen molar-refractivity contribution in [1.82, 2.24) is 24.9 Å². The van der Waals surface area contributed by atoms with Crippen LogP contribution in [0.3, 0.4) is 0 Å². The highest BCUT2D eigenvalue weighted by Gasteiger charge is 2.52. The molecule has 0 unspecified atom stereocenters. The summed E-state index contributed by atoms with van der Waals surface area (Å²) in [7, 11) is 0. The molecule has 0 spiro atoms. The largest absolute Gasteiger partial charge is 0.341 e. The van der Waals surface area contributed by atoms with Gasteiger partial charge < -0.3 is 10.2 Å². The van der Waals surface area contributed by atoms with Crippen LogP contribution in [0.15, 0.2) is 36.5 Å². The van der Waals surface area contributed by atoms with E-state index in [2.05, 4.69) is 10.4 Å². The van der Waals surface area contributed by atoms with Crippen LogP contribution in [0.1, 0.15) is 31.0 Å². The summed E-state index contributed by atoms with van der Waals surface area (Å²) < 4.78 is 14.8. The van der Waals surface area contributed by atoms with Crippen LogP contribution in [0.5, 0.6) is 0 Å². The van der Waals surface area contributed by atoms with Crippen LogP contribution < -0.4 is 5.32 Å². The van der Waals surface area contributed by atoms with Crippen LogP contribution in [-0.2, 0) is 22.7 Å². The van der Waals surface area contributed by atoms with Gasteiger partial charge in [-0.25, -0.2) is 9.18 Å². The second-order valence-electron chi connectivity index (χ2n) is 8.46. The van der Waals surface area contributed by atoms with Crippen LogP contribution >= 0.6 is 0 Å². The van der Waals surface area contributed by atoms with Crippen molar-refractivity contribution in [3.8, 4) is 0 Å². The van der Waals surface area contributed by atoms with Crippen molar-refractivity contribution in [1.29, 1.82) is 0 Å². The molecule has 31 heavy (non-hydrogen) atoms. The van der Waals surface area contributed by atoms with E-state index < -0.39 is 11.6 Å². The summed E-state index contributed by atoms with van der Waals surface area (Å²) in [4.78, 5) is 41.2. The number of imide groups is 1. The fraction of sp³-hybridized carbons (Fsp3) is 0.455. The van der Waals surface area contributed by atoms with E-state index in [0.717, 1.165) is 5.69 Å². The molecule has 0 bridgehead atoms. The average molecular weight is 427 g/mol. The summed E-state index contributed by atoms with van der Waals surface area (Å²) in [6.45, 7) is 4.98. The Bertz CT molecular complexity index is 997. The molecule has 9 heteroatoms. The van der Waals surface area contributed by atoms with Gasteiger partial charge in [-0.2, -0.15) is 5.10 Å². The predicted molar refractivity (Wildman–Crippen MR) is 110 cm³/mol. The van der Waals surface area contributed by atoms with E-state index in [1.54, 1.807) is 34.8 Å². The molecule has 164 valence electrons. The van der Waals surface area contributed by atoms with E-state index >= 15 is 0 Å². The molecule has 2 fully saturated rings. The lowest BCUT2D eigenvalue weighted by molar-refractivity contribution is -0.136. The lowest BCUT2D eigenvalue weighted by Crippen LogP contribution is -2.54. The van der Waals surface area contributed by atoms with Gasteiger partial charge in [-0.1, -0.05) is 12.1 Å². The summed E-state index contributed by atoms with van der Waals surface area (Å²) in [6, 6.07) is 7.17. The molecule has 0 saturated carbocycles. The third-order valence-corrected chi connectivity index (χ3v) is 6.29. The minimum atomic E-state index is -1.01. The third kappa shape index (κ3) is 4.17. The van der Waals surface area contributed by atoms with E-state index in [1.165, 1.54) is 17.0 Å². The van der Waals surface area contributed by atoms with Crippen LogP contribution in [0.25, 0.3) is 0 Å². The minimum Gasteiger partial charge on any atom is -0.341 e. The maximum Gasteiger partial charge on any atom is 0.325 e. The Morgan fingerprint density at radius 1 is 1.19 bits per heavy atom. The fourth-order valence-corrected chi connectivity index (χ4v) is 4.40. The smallest absolute Gasteiger partial charge is 0.325 e. The second-order valence-corrected chi connectivity index (χ2v) is 8.46. The summed E-state index contributed by atoms with van der Waals surface area (Å²) in [5.41, 5.74) is 0.536. The molecule has 0 radical (unpaired) electrons. The van der Waals surface area contributed by atoms with Gasteiger partial charge in [-0.05, 0) is 56.4 Å². The summed E-state index contributed by atoms with van der Waals surface area (Å²) in [6.07, 6.45) is 3.02. The minimum absolute atomic E-state index is 0.00794. The second kappa shape index (κ2) is 8.13. The monoisotopic (exact) mass is 427 g/mol. The highest BCUT2D eigenvalue weighted by molar-refractivity contribution is 6.07. The van der Waals surface area contributed by atoms with Crippen molar-refractivity contribution < 1.29 is 18.8 Å². The standard InChI is InChI=1S/C22H26FN5O3/c1-15-7-12-27(25-15)14-19(29)26-10-8-17(9-11-26)22(2)20(30)28(21(31)24-22)13-16-3-5-18(23)6-4-16/h3-7,12,17H,8-11,13-14H2,1-2H3,(H,24,31)/t22-/m0/s1. The molecule has 4 amide bonds. The number of aryl methyl sites for hydroxylation is 1. The lowest BCUT2D eigenvalue weighted by Gasteiger charge is -2.38. The van der Waals surface area contributed by atoms with Crippen LogP contribution in [0, 0.1) is 18.7 Å². The molecule has 1 aromatic carbocycles. The van der Waals surface area contributed by atoms with E-state index in [4.69, 9.17) is 0 Å².